The molecule has 1 saturated heterocycles. The van der Waals surface area contributed by atoms with Crippen molar-refractivity contribution in [1.82, 2.24) is 10.2 Å². The van der Waals surface area contributed by atoms with E-state index < -0.39 is 17.7 Å². The topological polar surface area (TPSA) is 41.6 Å². The quantitative estimate of drug-likeness (QED) is 0.922. The summed E-state index contributed by atoms with van der Waals surface area (Å²) in [6, 6.07) is 2.62. The third-order valence-corrected chi connectivity index (χ3v) is 3.58. The standard InChI is InChI=1S/C15H20F2N2O2/c1-10(12-7-13(16)9-14(17)8-12)18-11(2)15(20)19-3-5-21-6-4-19/h7-11,18H,3-6H2,1-2H3. The number of halogens is 2. The Kier molecular flexibility index (Phi) is 5.25. The lowest BCUT2D eigenvalue weighted by atomic mass is 10.1. The average molecular weight is 298 g/mol. The third-order valence-electron chi connectivity index (χ3n) is 3.58. The van der Waals surface area contributed by atoms with E-state index in [0.29, 0.717) is 31.9 Å². The Labute approximate surface area is 123 Å². The van der Waals surface area contributed by atoms with Gasteiger partial charge in [0.05, 0.1) is 19.3 Å². The molecular formula is C15H20F2N2O2. The van der Waals surface area contributed by atoms with Gasteiger partial charge in [0, 0.05) is 25.2 Å². The number of rotatable bonds is 4. The monoisotopic (exact) mass is 298 g/mol. The Morgan fingerprint density at radius 1 is 1.19 bits per heavy atom. The van der Waals surface area contributed by atoms with Crippen LogP contribution in [0.2, 0.25) is 0 Å². The Hall–Kier alpha value is -1.53. The smallest absolute Gasteiger partial charge is 0.239 e. The first-order valence-corrected chi connectivity index (χ1v) is 7.06. The predicted octanol–water partition coefficient (Wildman–Crippen LogP) is 1.86. The minimum Gasteiger partial charge on any atom is -0.378 e. The molecule has 0 saturated carbocycles. The Bertz CT molecular complexity index is 484. The van der Waals surface area contributed by atoms with E-state index in [2.05, 4.69) is 5.32 Å². The molecule has 2 atom stereocenters. The van der Waals surface area contributed by atoms with E-state index in [1.54, 1.807) is 18.7 Å². The average Bonchev–Trinajstić information content (AvgIpc) is 2.46. The molecule has 1 aromatic carbocycles. The second-order valence-electron chi connectivity index (χ2n) is 5.25. The van der Waals surface area contributed by atoms with Gasteiger partial charge in [-0.05, 0) is 31.5 Å². The Morgan fingerprint density at radius 2 is 1.76 bits per heavy atom. The molecule has 0 spiro atoms. The zero-order chi connectivity index (χ0) is 15.4. The Morgan fingerprint density at radius 3 is 2.33 bits per heavy atom. The molecule has 1 aliphatic heterocycles. The molecule has 0 aromatic heterocycles. The summed E-state index contributed by atoms with van der Waals surface area (Å²) in [5, 5.41) is 3.08. The van der Waals surface area contributed by atoms with Crippen LogP contribution in [0.5, 0.6) is 0 Å². The van der Waals surface area contributed by atoms with Crippen molar-refractivity contribution in [3.63, 3.8) is 0 Å². The fraction of sp³-hybridized carbons (Fsp3) is 0.533. The van der Waals surface area contributed by atoms with Crippen LogP contribution >= 0.6 is 0 Å². The molecule has 4 nitrogen and oxygen atoms in total. The summed E-state index contributed by atoms with van der Waals surface area (Å²) in [7, 11) is 0. The summed E-state index contributed by atoms with van der Waals surface area (Å²) in [6.07, 6.45) is 0. The van der Waals surface area contributed by atoms with Gasteiger partial charge in [-0.1, -0.05) is 0 Å². The fourth-order valence-corrected chi connectivity index (χ4v) is 2.43. The molecule has 1 aromatic rings. The van der Waals surface area contributed by atoms with Crippen molar-refractivity contribution >= 4 is 5.91 Å². The second kappa shape index (κ2) is 6.95. The van der Waals surface area contributed by atoms with Crippen molar-refractivity contribution in [2.24, 2.45) is 0 Å². The SMILES string of the molecule is CC(NC(C)c1cc(F)cc(F)c1)C(=O)N1CCOCC1. The highest BCUT2D eigenvalue weighted by Crippen LogP contribution is 2.17. The lowest BCUT2D eigenvalue weighted by Gasteiger charge is -2.30. The summed E-state index contributed by atoms with van der Waals surface area (Å²) in [5.74, 6) is -1.27. The van der Waals surface area contributed by atoms with Crippen LogP contribution in [0.1, 0.15) is 25.5 Å². The van der Waals surface area contributed by atoms with Gasteiger partial charge in [-0.3, -0.25) is 10.1 Å². The predicted molar refractivity (Wildman–Crippen MR) is 74.8 cm³/mol. The zero-order valence-electron chi connectivity index (χ0n) is 12.2. The third kappa shape index (κ3) is 4.22. The maximum absolute atomic E-state index is 13.2. The molecule has 116 valence electrons. The molecule has 1 N–H and O–H groups in total. The number of hydrogen-bond acceptors (Lipinski definition) is 3. The summed E-state index contributed by atoms with van der Waals surface area (Å²) in [4.78, 5) is 14.0. The van der Waals surface area contributed by atoms with Crippen molar-refractivity contribution in [3.05, 3.63) is 35.4 Å². The summed E-state index contributed by atoms with van der Waals surface area (Å²) in [5.41, 5.74) is 0.481. The molecule has 21 heavy (non-hydrogen) atoms. The van der Waals surface area contributed by atoms with Crippen LogP contribution in [0.4, 0.5) is 8.78 Å². The van der Waals surface area contributed by atoms with Gasteiger partial charge < -0.3 is 9.64 Å². The van der Waals surface area contributed by atoms with E-state index in [1.807, 2.05) is 0 Å². The van der Waals surface area contributed by atoms with Crippen LogP contribution in [0, 0.1) is 11.6 Å². The first-order chi connectivity index (χ1) is 9.97. The normalized spacial score (nSPS) is 18.4. The number of morpholine rings is 1. The summed E-state index contributed by atoms with van der Waals surface area (Å²) < 4.78 is 31.6. The molecule has 0 radical (unpaired) electrons. The van der Waals surface area contributed by atoms with Crippen LogP contribution in [-0.4, -0.2) is 43.2 Å². The van der Waals surface area contributed by atoms with E-state index in [-0.39, 0.29) is 11.9 Å². The van der Waals surface area contributed by atoms with E-state index in [4.69, 9.17) is 4.74 Å². The molecule has 2 unspecified atom stereocenters. The molecule has 1 amide bonds. The highest BCUT2D eigenvalue weighted by molar-refractivity contribution is 5.81. The number of nitrogens with zero attached hydrogens (tertiary/aromatic N) is 1. The van der Waals surface area contributed by atoms with Crippen molar-refractivity contribution in [1.29, 1.82) is 0 Å². The molecular weight excluding hydrogens is 278 g/mol. The number of carbonyl (C=O) groups excluding carboxylic acids is 1. The van der Waals surface area contributed by atoms with Gasteiger partial charge in [0.2, 0.25) is 5.91 Å². The zero-order valence-corrected chi connectivity index (χ0v) is 12.2. The summed E-state index contributed by atoms with van der Waals surface area (Å²) in [6.45, 7) is 5.77. The number of benzene rings is 1. The minimum absolute atomic E-state index is 0.0259. The first kappa shape index (κ1) is 15.9. The number of nitrogens with one attached hydrogen (secondary N) is 1. The molecule has 1 fully saturated rings. The highest BCUT2D eigenvalue weighted by atomic mass is 19.1. The maximum atomic E-state index is 13.2. The number of ether oxygens (including phenoxy) is 1. The van der Waals surface area contributed by atoms with E-state index in [0.717, 1.165) is 6.07 Å². The van der Waals surface area contributed by atoms with Gasteiger partial charge in [-0.2, -0.15) is 0 Å². The van der Waals surface area contributed by atoms with Crippen LogP contribution in [0.3, 0.4) is 0 Å². The van der Waals surface area contributed by atoms with E-state index in [1.165, 1.54) is 12.1 Å². The molecule has 2 rings (SSSR count). The van der Waals surface area contributed by atoms with Crippen LogP contribution in [0.15, 0.2) is 18.2 Å². The number of carbonyl (C=O) groups is 1. The van der Waals surface area contributed by atoms with E-state index >= 15 is 0 Å². The lowest BCUT2D eigenvalue weighted by Crippen LogP contribution is -2.49. The Balaban J connectivity index is 1.97. The van der Waals surface area contributed by atoms with Crippen LogP contribution in [0.25, 0.3) is 0 Å². The first-order valence-electron chi connectivity index (χ1n) is 7.06. The lowest BCUT2D eigenvalue weighted by molar-refractivity contribution is -0.137. The van der Waals surface area contributed by atoms with Gasteiger partial charge in [-0.25, -0.2) is 8.78 Å². The fourth-order valence-electron chi connectivity index (χ4n) is 2.43. The maximum Gasteiger partial charge on any atom is 0.239 e. The molecule has 0 bridgehead atoms. The summed E-state index contributed by atoms with van der Waals surface area (Å²) >= 11 is 0. The molecule has 0 aliphatic carbocycles. The van der Waals surface area contributed by atoms with Crippen molar-refractivity contribution < 1.29 is 18.3 Å². The van der Waals surface area contributed by atoms with Crippen molar-refractivity contribution in [3.8, 4) is 0 Å². The van der Waals surface area contributed by atoms with Crippen LogP contribution in [-0.2, 0) is 9.53 Å². The molecule has 1 heterocycles. The number of hydrogen-bond donors (Lipinski definition) is 1. The second-order valence-corrected chi connectivity index (χ2v) is 5.25. The van der Waals surface area contributed by atoms with Gasteiger partial charge in [-0.15, -0.1) is 0 Å². The van der Waals surface area contributed by atoms with Gasteiger partial charge >= 0.3 is 0 Å². The van der Waals surface area contributed by atoms with Crippen molar-refractivity contribution in [2.75, 3.05) is 26.3 Å². The highest BCUT2D eigenvalue weighted by Gasteiger charge is 2.23. The van der Waals surface area contributed by atoms with Gasteiger partial charge in [0.25, 0.3) is 0 Å². The van der Waals surface area contributed by atoms with Gasteiger partial charge in [0.15, 0.2) is 0 Å². The minimum atomic E-state index is -0.620. The molecule has 1 aliphatic rings. The van der Waals surface area contributed by atoms with Gasteiger partial charge in [0.1, 0.15) is 11.6 Å². The largest absolute Gasteiger partial charge is 0.378 e. The van der Waals surface area contributed by atoms with Crippen LogP contribution < -0.4 is 5.32 Å². The number of amides is 1. The van der Waals surface area contributed by atoms with E-state index in [9.17, 15) is 13.6 Å². The molecule has 6 heteroatoms. The van der Waals surface area contributed by atoms with Crippen molar-refractivity contribution in [2.45, 2.75) is 25.9 Å².